The molecule has 1 aromatic heterocycles. The minimum Gasteiger partial charge on any atom is -0.464 e. The highest BCUT2D eigenvalue weighted by atomic mass is 79.9. The Bertz CT molecular complexity index is 589. The molecule has 0 bridgehead atoms. The molecule has 0 fully saturated rings. The Morgan fingerprint density at radius 1 is 1.50 bits per heavy atom. The zero-order valence-corrected chi connectivity index (χ0v) is 13.6. The molecule has 0 saturated heterocycles. The first-order valence-corrected chi connectivity index (χ1v) is 7.85. The van der Waals surface area contributed by atoms with Crippen LogP contribution < -0.4 is 5.32 Å². The average Bonchev–Trinajstić information content (AvgIpc) is 2.96. The molecule has 2 aromatic rings. The summed E-state index contributed by atoms with van der Waals surface area (Å²) in [6, 6.07) is 7.63. The van der Waals surface area contributed by atoms with Crippen molar-refractivity contribution in [3.63, 3.8) is 0 Å². The lowest BCUT2D eigenvalue weighted by atomic mass is 10.0. The number of hydrogen-bond acceptors (Lipinski definition) is 5. The molecule has 1 N–H and O–H groups in total. The first kappa shape index (κ1) is 15.0. The monoisotopic (exact) mass is 354 g/mol. The molecule has 1 aromatic carbocycles. The van der Waals surface area contributed by atoms with Crippen LogP contribution >= 0.6 is 27.3 Å². The summed E-state index contributed by atoms with van der Waals surface area (Å²) in [6.07, 6.45) is 1.68. The van der Waals surface area contributed by atoms with Crippen molar-refractivity contribution in [1.82, 2.24) is 4.98 Å². The highest BCUT2D eigenvalue weighted by Gasteiger charge is 2.39. The Hall–Kier alpha value is -1.40. The van der Waals surface area contributed by atoms with Crippen LogP contribution in [0.25, 0.3) is 0 Å². The maximum absolute atomic E-state index is 12.3. The molecule has 0 aliphatic rings. The number of anilines is 1. The third-order valence-electron chi connectivity index (χ3n) is 2.80. The second-order valence-electron chi connectivity index (χ2n) is 4.29. The van der Waals surface area contributed by atoms with E-state index in [2.05, 4.69) is 26.2 Å². The number of halogens is 1. The van der Waals surface area contributed by atoms with Gasteiger partial charge in [0.15, 0.2) is 5.54 Å². The van der Waals surface area contributed by atoms with E-state index < -0.39 is 5.54 Å². The van der Waals surface area contributed by atoms with Crippen LogP contribution in [0.5, 0.6) is 0 Å². The lowest BCUT2D eigenvalue weighted by Gasteiger charge is -2.28. The van der Waals surface area contributed by atoms with E-state index in [9.17, 15) is 4.79 Å². The number of carbonyl (C=O) groups excluding carboxylic acids is 1. The molecule has 0 spiro atoms. The van der Waals surface area contributed by atoms with Crippen molar-refractivity contribution in [3.8, 4) is 0 Å². The predicted octanol–water partition coefficient (Wildman–Crippen LogP) is 3.80. The summed E-state index contributed by atoms with van der Waals surface area (Å²) in [5.41, 5.74) is -0.188. The third kappa shape index (κ3) is 3.02. The number of aromatic nitrogens is 1. The highest BCUT2D eigenvalue weighted by Crippen LogP contribution is 2.32. The molecule has 0 aliphatic heterocycles. The number of carbonyl (C=O) groups is 1. The van der Waals surface area contributed by atoms with E-state index in [1.54, 1.807) is 20.0 Å². The smallest absolute Gasteiger partial charge is 0.338 e. The van der Waals surface area contributed by atoms with Gasteiger partial charge < -0.3 is 10.1 Å². The lowest BCUT2D eigenvalue weighted by molar-refractivity contribution is -0.148. The van der Waals surface area contributed by atoms with Gasteiger partial charge in [0.25, 0.3) is 0 Å². The van der Waals surface area contributed by atoms with Gasteiger partial charge in [-0.2, -0.15) is 0 Å². The molecule has 0 saturated carbocycles. The first-order chi connectivity index (χ1) is 9.58. The van der Waals surface area contributed by atoms with Crippen LogP contribution in [0.1, 0.15) is 18.9 Å². The fraction of sp³-hybridized carbons (Fsp3) is 0.286. The molecule has 0 aliphatic carbocycles. The molecular weight excluding hydrogens is 340 g/mol. The summed E-state index contributed by atoms with van der Waals surface area (Å²) in [6.45, 7) is 3.90. The molecule has 1 atom stereocenters. The number of nitrogens with one attached hydrogen (secondary N) is 1. The van der Waals surface area contributed by atoms with E-state index in [0.717, 1.165) is 10.2 Å². The molecule has 4 nitrogen and oxygen atoms in total. The minimum atomic E-state index is -1.01. The van der Waals surface area contributed by atoms with Crippen LogP contribution in [0.3, 0.4) is 0 Å². The number of ether oxygens (including phenoxy) is 1. The Morgan fingerprint density at radius 3 is 2.85 bits per heavy atom. The predicted molar refractivity (Wildman–Crippen MR) is 83.9 cm³/mol. The summed E-state index contributed by atoms with van der Waals surface area (Å²) >= 11 is 4.89. The van der Waals surface area contributed by atoms with Crippen LogP contribution in [0.15, 0.2) is 40.3 Å². The number of nitrogens with zero attached hydrogens (tertiary/aromatic N) is 1. The summed E-state index contributed by atoms with van der Waals surface area (Å²) in [4.78, 5) is 16.6. The van der Waals surface area contributed by atoms with Crippen LogP contribution in [0.2, 0.25) is 0 Å². The van der Waals surface area contributed by atoms with Crippen molar-refractivity contribution in [3.05, 3.63) is 45.3 Å². The largest absolute Gasteiger partial charge is 0.464 e. The summed E-state index contributed by atoms with van der Waals surface area (Å²) < 4.78 is 6.07. The minimum absolute atomic E-state index is 0.331. The van der Waals surface area contributed by atoms with Crippen molar-refractivity contribution in [2.24, 2.45) is 0 Å². The quantitative estimate of drug-likeness (QED) is 0.829. The van der Waals surface area contributed by atoms with E-state index in [1.807, 2.05) is 29.6 Å². The van der Waals surface area contributed by atoms with Gasteiger partial charge >= 0.3 is 5.97 Å². The van der Waals surface area contributed by atoms with E-state index in [-0.39, 0.29) is 5.97 Å². The zero-order chi connectivity index (χ0) is 14.6. The number of benzene rings is 1. The summed E-state index contributed by atoms with van der Waals surface area (Å²) in [5, 5.41) is 5.75. The van der Waals surface area contributed by atoms with Crippen LogP contribution in [0.4, 0.5) is 5.69 Å². The second-order valence-corrected chi connectivity index (χ2v) is 6.04. The molecule has 0 amide bonds. The van der Waals surface area contributed by atoms with E-state index in [0.29, 0.717) is 11.6 Å². The fourth-order valence-corrected chi connectivity index (χ4v) is 2.90. The van der Waals surface area contributed by atoms with Crippen LogP contribution in [0, 0.1) is 0 Å². The van der Waals surface area contributed by atoms with Crippen molar-refractivity contribution >= 4 is 38.9 Å². The van der Waals surface area contributed by atoms with Gasteiger partial charge in [0, 0.05) is 21.7 Å². The fourth-order valence-electron chi connectivity index (χ4n) is 1.77. The SMILES string of the molecule is CCOC(=O)C(C)(Nc1ccccc1Br)c1nccs1. The molecule has 20 heavy (non-hydrogen) atoms. The van der Waals surface area contributed by atoms with Crippen LogP contribution in [-0.4, -0.2) is 17.6 Å². The highest BCUT2D eigenvalue weighted by molar-refractivity contribution is 9.10. The van der Waals surface area contributed by atoms with Gasteiger partial charge in [-0.1, -0.05) is 12.1 Å². The maximum Gasteiger partial charge on any atom is 0.338 e. The Kier molecular flexibility index (Phi) is 4.77. The topological polar surface area (TPSA) is 51.2 Å². The standard InChI is InChI=1S/C14H15BrN2O2S/c1-3-19-13(18)14(2,12-16-8-9-20-12)17-11-7-5-4-6-10(11)15/h4-9,17H,3H2,1-2H3. The van der Waals surface area contributed by atoms with Crippen molar-refractivity contribution in [2.75, 3.05) is 11.9 Å². The molecule has 1 heterocycles. The number of rotatable bonds is 5. The van der Waals surface area contributed by atoms with Gasteiger partial charge in [0.1, 0.15) is 5.01 Å². The summed E-state index contributed by atoms with van der Waals surface area (Å²) in [7, 11) is 0. The lowest BCUT2D eigenvalue weighted by Crippen LogP contribution is -2.42. The zero-order valence-electron chi connectivity index (χ0n) is 11.2. The Morgan fingerprint density at radius 2 is 2.25 bits per heavy atom. The third-order valence-corrected chi connectivity index (χ3v) is 4.49. The normalized spacial score (nSPS) is 13.6. The van der Waals surface area contributed by atoms with Gasteiger partial charge in [-0.15, -0.1) is 11.3 Å². The second kappa shape index (κ2) is 6.37. The Labute approximate surface area is 130 Å². The molecular formula is C14H15BrN2O2S. The van der Waals surface area contributed by atoms with Crippen molar-refractivity contribution < 1.29 is 9.53 Å². The first-order valence-electron chi connectivity index (χ1n) is 6.18. The number of para-hydroxylation sites is 1. The van der Waals surface area contributed by atoms with E-state index in [4.69, 9.17) is 4.74 Å². The van der Waals surface area contributed by atoms with Gasteiger partial charge in [0.2, 0.25) is 0 Å². The van der Waals surface area contributed by atoms with E-state index in [1.165, 1.54) is 11.3 Å². The molecule has 1 unspecified atom stereocenters. The van der Waals surface area contributed by atoms with Crippen LogP contribution in [-0.2, 0) is 15.1 Å². The van der Waals surface area contributed by atoms with Crippen molar-refractivity contribution in [2.45, 2.75) is 19.4 Å². The summed E-state index contributed by atoms with van der Waals surface area (Å²) in [5.74, 6) is -0.342. The molecule has 6 heteroatoms. The molecule has 0 radical (unpaired) electrons. The van der Waals surface area contributed by atoms with Gasteiger partial charge in [-0.25, -0.2) is 9.78 Å². The number of esters is 1. The van der Waals surface area contributed by atoms with Gasteiger partial charge in [-0.3, -0.25) is 0 Å². The van der Waals surface area contributed by atoms with Gasteiger partial charge in [-0.05, 0) is 41.9 Å². The molecule has 2 rings (SSSR count). The Balaban J connectivity index is 2.38. The number of hydrogen-bond donors (Lipinski definition) is 1. The molecule has 106 valence electrons. The van der Waals surface area contributed by atoms with Crippen molar-refractivity contribution in [1.29, 1.82) is 0 Å². The average molecular weight is 355 g/mol. The number of thiazole rings is 1. The van der Waals surface area contributed by atoms with E-state index >= 15 is 0 Å². The maximum atomic E-state index is 12.3. The van der Waals surface area contributed by atoms with Gasteiger partial charge in [0.05, 0.1) is 6.61 Å².